The molecular weight excluding hydrogens is 517 g/mol. The molecule has 2 aromatic rings. The molecular formula is C23H25F3N4O8. The monoisotopic (exact) mass is 542 g/mol. The fourth-order valence-electron chi connectivity index (χ4n) is 3.12. The second-order valence-corrected chi connectivity index (χ2v) is 7.38. The number of benzene rings is 1. The Morgan fingerprint density at radius 3 is 2.39 bits per heavy atom. The number of aliphatic imine (C=N–C) groups is 1. The van der Waals surface area contributed by atoms with Crippen LogP contribution >= 0.6 is 0 Å². The lowest BCUT2D eigenvalue weighted by Gasteiger charge is -2.33. The van der Waals surface area contributed by atoms with E-state index in [9.17, 15) is 22.8 Å². The maximum Gasteiger partial charge on any atom is 0.339 e. The molecule has 1 aromatic heterocycles. The first kappa shape index (κ1) is 31.5. The minimum atomic E-state index is -3.57. The predicted octanol–water partition coefficient (Wildman–Crippen LogP) is 2.29. The highest BCUT2D eigenvalue weighted by molar-refractivity contribution is 6.03. The zero-order chi connectivity index (χ0) is 28.9. The van der Waals surface area contributed by atoms with E-state index < -0.39 is 41.3 Å². The molecule has 15 heteroatoms. The van der Waals surface area contributed by atoms with Crippen LogP contribution in [0.15, 0.2) is 41.5 Å². The lowest BCUT2D eigenvalue weighted by molar-refractivity contribution is -0.123. The van der Waals surface area contributed by atoms with E-state index in [0.29, 0.717) is 0 Å². The Balaban J connectivity index is 0.00000110. The van der Waals surface area contributed by atoms with Gasteiger partial charge in [0.2, 0.25) is 0 Å². The SMILES string of the molecule is CCOC(=O)c1ccc(C(=O)Nc2ccc(F)c([C@@]3(C)N=C(N)COCC3(F)F)c2)nc1.O=CO.O=CO. The number of nitrogens with zero attached hydrogens (tertiary/aromatic N) is 2. The molecule has 38 heavy (non-hydrogen) atoms. The lowest BCUT2D eigenvalue weighted by Crippen LogP contribution is -2.45. The summed E-state index contributed by atoms with van der Waals surface area (Å²) in [7, 11) is 0. The van der Waals surface area contributed by atoms with E-state index in [0.717, 1.165) is 19.1 Å². The molecule has 0 saturated carbocycles. The van der Waals surface area contributed by atoms with Crippen molar-refractivity contribution in [3.05, 3.63) is 59.2 Å². The molecule has 0 bridgehead atoms. The number of nitrogens with two attached hydrogens (primary N) is 1. The van der Waals surface area contributed by atoms with Crippen molar-refractivity contribution < 1.29 is 52.0 Å². The molecule has 2 heterocycles. The average molecular weight is 542 g/mol. The van der Waals surface area contributed by atoms with Crippen molar-refractivity contribution in [2.24, 2.45) is 10.7 Å². The molecule has 1 atom stereocenters. The van der Waals surface area contributed by atoms with Crippen molar-refractivity contribution in [1.82, 2.24) is 4.98 Å². The number of hydrogen-bond donors (Lipinski definition) is 4. The van der Waals surface area contributed by atoms with Gasteiger partial charge < -0.3 is 30.7 Å². The maximum atomic E-state index is 14.8. The largest absolute Gasteiger partial charge is 0.483 e. The van der Waals surface area contributed by atoms with Gasteiger partial charge in [-0.3, -0.25) is 24.4 Å². The molecule has 0 aliphatic carbocycles. The zero-order valence-corrected chi connectivity index (χ0v) is 20.2. The maximum absolute atomic E-state index is 14.8. The highest BCUT2D eigenvalue weighted by atomic mass is 19.3. The van der Waals surface area contributed by atoms with Crippen LogP contribution in [0.3, 0.4) is 0 Å². The van der Waals surface area contributed by atoms with E-state index in [1.165, 1.54) is 24.4 Å². The average Bonchev–Trinajstić information content (AvgIpc) is 2.96. The second-order valence-electron chi connectivity index (χ2n) is 7.38. The summed E-state index contributed by atoms with van der Waals surface area (Å²) in [5.41, 5.74) is 2.97. The summed E-state index contributed by atoms with van der Waals surface area (Å²) in [5, 5.41) is 16.2. The third-order valence-electron chi connectivity index (χ3n) is 4.87. The number of anilines is 1. The standard InChI is InChI=1S/C21H21F3N4O4.2CH2O2/c1-3-32-19(30)12-4-7-16(26-9-12)18(29)27-13-5-6-15(22)14(8-13)20(2)21(23,24)11-31-10-17(25)28-20;2*2-1-3/h4-9H,3,10-11H2,1-2H3,(H2,25,28)(H,27,29);2*1H,(H,2,3)/t20-;;/m1../s1. The first-order chi connectivity index (χ1) is 17.9. The molecule has 0 unspecified atom stereocenters. The fourth-order valence-corrected chi connectivity index (χ4v) is 3.12. The van der Waals surface area contributed by atoms with Crippen LogP contribution in [0.2, 0.25) is 0 Å². The summed E-state index contributed by atoms with van der Waals surface area (Å²) < 4.78 is 53.8. The summed E-state index contributed by atoms with van der Waals surface area (Å²) in [6.45, 7) is 1.08. The number of carboxylic acid groups (broad SMARTS) is 2. The molecule has 0 fully saturated rings. The zero-order valence-electron chi connectivity index (χ0n) is 20.2. The molecule has 206 valence electrons. The lowest BCUT2D eigenvalue weighted by atomic mass is 9.85. The Kier molecular flexibility index (Phi) is 11.8. The minimum absolute atomic E-state index is 0.0404. The number of carbonyl (C=O) groups is 4. The highest BCUT2D eigenvalue weighted by Gasteiger charge is 2.54. The molecule has 0 spiro atoms. The molecule has 5 N–H and O–H groups in total. The smallest absolute Gasteiger partial charge is 0.339 e. The van der Waals surface area contributed by atoms with Crippen molar-refractivity contribution >= 4 is 36.3 Å². The van der Waals surface area contributed by atoms with Gasteiger partial charge in [0.1, 0.15) is 30.6 Å². The number of halogens is 3. The third kappa shape index (κ3) is 7.99. The van der Waals surface area contributed by atoms with E-state index >= 15 is 0 Å². The summed E-state index contributed by atoms with van der Waals surface area (Å²) in [6, 6.07) is 5.89. The van der Waals surface area contributed by atoms with Crippen molar-refractivity contribution in [2.45, 2.75) is 25.3 Å². The van der Waals surface area contributed by atoms with Crippen LogP contribution in [0.1, 0.15) is 40.3 Å². The van der Waals surface area contributed by atoms with Crippen LogP contribution in [-0.4, -0.2) is 71.6 Å². The van der Waals surface area contributed by atoms with Gasteiger partial charge in [0, 0.05) is 17.4 Å². The number of pyridine rings is 1. The predicted molar refractivity (Wildman–Crippen MR) is 127 cm³/mol. The van der Waals surface area contributed by atoms with Crippen LogP contribution in [0, 0.1) is 5.82 Å². The van der Waals surface area contributed by atoms with Crippen LogP contribution in [0.25, 0.3) is 0 Å². The number of rotatable bonds is 5. The first-order valence-corrected chi connectivity index (χ1v) is 10.6. The van der Waals surface area contributed by atoms with Gasteiger partial charge in [-0.2, -0.15) is 0 Å². The van der Waals surface area contributed by atoms with Gasteiger partial charge in [-0.1, -0.05) is 0 Å². The van der Waals surface area contributed by atoms with Crippen molar-refractivity contribution in [1.29, 1.82) is 0 Å². The van der Waals surface area contributed by atoms with Crippen LogP contribution in [-0.2, 0) is 24.6 Å². The normalized spacial score (nSPS) is 17.6. The second kappa shape index (κ2) is 14.3. The van der Waals surface area contributed by atoms with Crippen molar-refractivity contribution in [3.8, 4) is 0 Å². The van der Waals surface area contributed by atoms with Crippen LogP contribution in [0.4, 0.5) is 18.9 Å². The molecule has 0 saturated heterocycles. The highest BCUT2D eigenvalue weighted by Crippen LogP contribution is 2.44. The number of carbonyl (C=O) groups excluding carboxylic acids is 2. The van der Waals surface area contributed by atoms with Gasteiger partial charge in [-0.15, -0.1) is 0 Å². The first-order valence-electron chi connectivity index (χ1n) is 10.6. The van der Waals surface area contributed by atoms with E-state index in [1.54, 1.807) is 6.92 Å². The van der Waals surface area contributed by atoms with Gasteiger partial charge in [0.05, 0.1) is 12.2 Å². The molecule has 3 rings (SSSR count). The number of hydrogen-bond acceptors (Lipinski definition) is 9. The van der Waals surface area contributed by atoms with Crippen molar-refractivity contribution in [3.63, 3.8) is 0 Å². The molecule has 0 radical (unpaired) electrons. The summed E-state index contributed by atoms with van der Waals surface area (Å²) >= 11 is 0. The molecule has 1 amide bonds. The topological polar surface area (TPSA) is 190 Å². The molecule has 1 aromatic carbocycles. The minimum Gasteiger partial charge on any atom is -0.483 e. The fraction of sp³-hybridized carbons (Fsp3) is 0.304. The number of alkyl halides is 2. The molecule has 1 aliphatic heterocycles. The summed E-state index contributed by atoms with van der Waals surface area (Å²) in [6.07, 6.45) is 1.17. The van der Waals surface area contributed by atoms with Crippen molar-refractivity contribution in [2.75, 3.05) is 25.1 Å². The Bertz CT molecular complexity index is 1160. The Labute approximate surface area is 214 Å². The third-order valence-corrected chi connectivity index (χ3v) is 4.87. The van der Waals surface area contributed by atoms with Gasteiger partial charge >= 0.3 is 5.97 Å². The number of amides is 1. The Hall–Kier alpha value is -4.53. The summed E-state index contributed by atoms with van der Waals surface area (Å²) in [5.74, 6) is -5.99. The van der Waals surface area contributed by atoms with E-state index in [1.807, 2.05) is 0 Å². The number of amidine groups is 1. The Morgan fingerprint density at radius 1 is 1.21 bits per heavy atom. The van der Waals surface area contributed by atoms with Crippen LogP contribution in [0.5, 0.6) is 0 Å². The van der Waals surface area contributed by atoms with E-state index in [2.05, 4.69) is 15.3 Å². The number of aromatic nitrogens is 1. The van der Waals surface area contributed by atoms with Crippen LogP contribution < -0.4 is 11.1 Å². The van der Waals surface area contributed by atoms with Gasteiger partial charge in [0.25, 0.3) is 24.8 Å². The summed E-state index contributed by atoms with van der Waals surface area (Å²) in [4.78, 5) is 48.6. The number of nitrogens with one attached hydrogen (secondary N) is 1. The molecule has 1 aliphatic rings. The number of esters is 1. The quantitative estimate of drug-likeness (QED) is 0.322. The van der Waals surface area contributed by atoms with E-state index in [4.69, 9.17) is 35.0 Å². The molecule has 12 nitrogen and oxygen atoms in total. The Morgan fingerprint density at radius 2 is 1.84 bits per heavy atom. The number of ether oxygens (including phenoxy) is 2. The van der Waals surface area contributed by atoms with Gasteiger partial charge in [-0.05, 0) is 44.2 Å². The van der Waals surface area contributed by atoms with E-state index in [-0.39, 0.29) is 48.9 Å². The van der Waals surface area contributed by atoms with Gasteiger partial charge in [0.15, 0.2) is 5.54 Å². The van der Waals surface area contributed by atoms with Gasteiger partial charge in [-0.25, -0.2) is 18.0 Å².